The number of fused-ring (bicyclic) bond motifs is 1. The smallest absolute Gasteiger partial charge is 1.00 e. The zero-order valence-electron chi connectivity index (χ0n) is 15.7. The number of carboxylic acids is 1. The summed E-state index contributed by atoms with van der Waals surface area (Å²) in [6.07, 6.45) is 5.59. The van der Waals surface area contributed by atoms with E-state index in [1.165, 1.54) is 30.6 Å². The fourth-order valence-electron chi connectivity index (χ4n) is 2.24. The third-order valence-corrected chi connectivity index (χ3v) is 4.60. The van der Waals surface area contributed by atoms with Crippen molar-refractivity contribution >= 4 is 27.5 Å². The van der Waals surface area contributed by atoms with E-state index in [1.54, 1.807) is 0 Å². The van der Waals surface area contributed by atoms with Crippen LogP contribution in [0, 0.1) is 6.92 Å². The first-order valence-corrected chi connectivity index (χ1v) is 7.61. The molecule has 0 aliphatic heterocycles. The number of aromatic carboxylic acids is 1. The number of carboxylic acid groups (broad SMARTS) is 1. The van der Waals surface area contributed by atoms with Crippen LogP contribution in [0.4, 0.5) is 0 Å². The molecule has 0 fully saturated rings. The Morgan fingerprint density at radius 1 is 1.32 bits per heavy atom. The van der Waals surface area contributed by atoms with Gasteiger partial charge in [0.05, 0.1) is 5.39 Å². The van der Waals surface area contributed by atoms with Crippen molar-refractivity contribution < 1.29 is 71.9 Å². The van der Waals surface area contributed by atoms with Gasteiger partial charge in [-0.3, -0.25) is 4.79 Å². The van der Waals surface area contributed by atoms with E-state index in [4.69, 9.17) is 5.11 Å². The van der Waals surface area contributed by atoms with Gasteiger partial charge in [-0.15, -0.1) is 11.3 Å². The summed E-state index contributed by atoms with van der Waals surface area (Å²) in [5.74, 6) is -1.50. The number of aromatic amines is 1. The molecule has 5 nitrogen and oxygen atoms in total. The van der Waals surface area contributed by atoms with E-state index in [2.05, 4.69) is 16.9 Å². The van der Waals surface area contributed by atoms with Crippen LogP contribution in [0.3, 0.4) is 0 Å². The van der Waals surface area contributed by atoms with Crippen LogP contribution in [0.2, 0.25) is 0 Å². The third-order valence-electron chi connectivity index (χ3n) is 3.36. The van der Waals surface area contributed by atoms with Crippen molar-refractivity contribution in [3.8, 4) is 0 Å². The van der Waals surface area contributed by atoms with Crippen LogP contribution in [0.5, 0.6) is 0 Å². The number of aromatic nitrogens is 2. The minimum absolute atomic E-state index is 0. The van der Waals surface area contributed by atoms with Crippen molar-refractivity contribution in [2.75, 3.05) is 0 Å². The molecule has 2 heterocycles. The summed E-state index contributed by atoms with van der Waals surface area (Å²) in [7, 11) is 0. The molecule has 2 aromatic rings. The predicted molar refractivity (Wildman–Crippen MR) is 82.0 cm³/mol. The van der Waals surface area contributed by atoms with Crippen LogP contribution in [-0.4, -0.2) is 21.0 Å². The quantitative estimate of drug-likeness (QED) is 0.444. The maximum Gasteiger partial charge on any atom is 1.00 e. The van der Waals surface area contributed by atoms with Crippen molar-refractivity contribution in [2.24, 2.45) is 0 Å². The first-order valence-electron chi connectivity index (χ1n) is 6.80. The molecule has 2 N–H and O–H groups in total. The molecular formula is C14H20N2Na2O3S. The van der Waals surface area contributed by atoms with E-state index >= 15 is 0 Å². The molecule has 0 saturated carbocycles. The first-order chi connectivity index (χ1) is 9.54. The zero-order valence-corrected chi connectivity index (χ0v) is 18.5. The van der Waals surface area contributed by atoms with Crippen LogP contribution < -0.4 is 64.7 Å². The molecule has 0 amide bonds. The van der Waals surface area contributed by atoms with Gasteiger partial charge >= 0.3 is 65.1 Å². The van der Waals surface area contributed by atoms with Gasteiger partial charge in [0, 0.05) is 4.88 Å². The molecule has 0 aromatic carbocycles. The van der Waals surface area contributed by atoms with Crippen LogP contribution in [-0.2, 0) is 6.42 Å². The van der Waals surface area contributed by atoms with Gasteiger partial charge in [-0.05, 0) is 25.3 Å². The predicted octanol–water partition coefficient (Wildman–Crippen LogP) is -2.65. The van der Waals surface area contributed by atoms with Gasteiger partial charge in [-0.2, -0.15) is 0 Å². The molecule has 2 aromatic heterocycles. The van der Waals surface area contributed by atoms with Gasteiger partial charge < -0.3 is 12.9 Å². The molecule has 0 radical (unpaired) electrons. The Morgan fingerprint density at radius 2 is 2.00 bits per heavy atom. The molecule has 0 bridgehead atoms. The second kappa shape index (κ2) is 10.2. The van der Waals surface area contributed by atoms with Gasteiger partial charge in [-0.1, -0.05) is 26.2 Å². The molecule has 0 aliphatic carbocycles. The molecule has 112 valence electrons. The van der Waals surface area contributed by atoms with Gasteiger partial charge in [0.15, 0.2) is 0 Å². The summed E-state index contributed by atoms with van der Waals surface area (Å²) in [6.45, 7) is 4.08. The summed E-state index contributed by atoms with van der Waals surface area (Å²) in [5.41, 5.74) is 0.577. The number of nitrogens with zero attached hydrogens (tertiary/aromatic N) is 1. The summed E-state index contributed by atoms with van der Waals surface area (Å²) in [4.78, 5) is 30.9. The average molecular weight is 342 g/mol. The van der Waals surface area contributed by atoms with Crippen molar-refractivity contribution in [3.05, 3.63) is 26.6 Å². The number of hydrogen-bond acceptors (Lipinski definition) is 4. The first kappa shape index (κ1) is 22.3. The number of aryl methyl sites for hydroxylation is 2. The van der Waals surface area contributed by atoms with Gasteiger partial charge in [0.25, 0.3) is 5.56 Å². The number of thiophene rings is 1. The summed E-state index contributed by atoms with van der Waals surface area (Å²) in [6, 6.07) is 0. The Hall–Kier alpha value is 0.310. The number of H-pyrrole nitrogens is 1. The van der Waals surface area contributed by atoms with Crippen LogP contribution in [0.15, 0.2) is 4.79 Å². The summed E-state index contributed by atoms with van der Waals surface area (Å²) < 4.78 is 0. The van der Waals surface area contributed by atoms with E-state index < -0.39 is 5.97 Å². The topological polar surface area (TPSA) is 83.0 Å². The normalized spacial score (nSPS) is 10.1. The maximum atomic E-state index is 12.0. The molecule has 0 spiro atoms. The Kier molecular flexibility index (Phi) is 10.4. The number of hydrogen-bond donors (Lipinski definition) is 2. The molecule has 0 saturated heterocycles. The number of carbonyl (C=O) groups is 1. The van der Waals surface area contributed by atoms with Crippen molar-refractivity contribution in [3.63, 3.8) is 0 Å². The monoisotopic (exact) mass is 342 g/mol. The molecule has 0 aliphatic rings. The average Bonchev–Trinajstić information content (AvgIpc) is 2.72. The van der Waals surface area contributed by atoms with E-state index in [9.17, 15) is 9.59 Å². The molecule has 0 atom stereocenters. The SMILES string of the molecule is CCCCCCc1sc2nc(C(=O)O)[nH]c(=O)c2c1C.[H-].[H-].[Na+].[Na+]. The molecule has 0 unspecified atom stereocenters. The minimum atomic E-state index is -1.21. The number of unbranched alkanes of at least 4 members (excludes halogenated alkanes) is 3. The number of rotatable bonds is 6. The Labute approximate surface area is 180 Å². The fraction of sp³-hybridized carbons (Fsp3) is 0.500. The summed E-state index contributed by atoms with van der Waals surface area (Å²) >= 11 is 1.43. The van der Waals surface area contributed by atoms with Gasteiger partial charge in [0.1, 0.15) is 4.83 Å². The van der Waals surface area contributed by atoms with E-state index in [1.807, 2.05) is 6.92 Å². The standard InChI is InChI=1S/C14H18N2O3S.2Na.2H/c1-3-4-5-6-7-9-8(2)10-12(17)15-11(14(18)19)16-13(10)20-9;;;;/h3-7H2,1-2H3,(H,18,19)(H,15,16,17);;;;/q;2*+1;2*-1. The fourth-order valence-corrected chi connectivity index (χ4v) is 3.46. The van der Waals surface area contributed by atoms with Crippen molar-refractivity contribution in [2.45, 2.75) is 46.0 Å². The Bertz CT molecular complexity index is 707. The molecular weight excluding hydrogens is 322 g/mol. The van der Waals surface area contributed by atoms with E-state index in [0.717, 1.165) is 23.3 Å². The van der Waals surface area contributed by atoms with Gasteiger partial charge in [0.2, 0.25) is 5.82 Å². The van der Waals surface area contributed by atoms with Crippen molar-refractivity contribution in [1.29, 1.82) is 0 Å². The second-order valence-corrected chi connectivity index (χ2v) is 5.94. The largest absolute Gasteiger partial charge is 1.00 e. The Morgan fingerprint density at radius 3 is 2.59 bits per heavy atom. The third kappa shape index (κ3) is 5.16. The van der Waals surface area contributed by atoms with E-state index in [0.29, 0.717) is 10.2 Å². The maximum absolute atomic E-state index is 12.0. The Balaban J connectivity index is -0.00000110. The van der Waals surface area contributed by atoms with Crippen LogP contribution in [0.25, 0.3) is 10.2 Å². The second-order valence-electron chi connectivity index (χ2n) is 4.86. The van der Waals surface area contributed by atoms with Crippen LogP contribution >= 0.6 is 11.3 Å². The minimum Gasteiger partial charge on any atom is -1.00 e. The summed E-state index contributed by atoms with van der Waals surface area (Å²) in [5, 5.41) is 9.45. The van der Waals surface area contributed by atoms with Crippen molar-refractivity contribution in [1.82, 2.24) is 9.97 Å². The van der Waals surface area contributed by atoms with Gasteiger partial charge in [-0.25, -0.2) is 9.78 Å². The van der Waals surface area contributed by atoms with E-state index in [-0.39, 0.29) is 73.4 Å². The van der Waals surface area contributed by atoms with Crippen LogP contribution in [0.1, 0.15) is 56.5 Å². The molecule has 8 heteroatoms. The molecule has 22 heavy (non-hydrogen) atoms. The number of nitrogens with one attached hydrogen (secondary N) is 1. The molecule has 2 rings (SSSR count). The zero-order chi connectivity index (χ0) is 14.7.